The van der Waals surface area contributed by atoms with E-state index in [1.165, 1.54) is 6.08 Å². The maximum atomic E-state index is 12.4. The lowest BCUT2D eigenvalue weighted by atomic mass is 10.2. The number of fused-ring (bicyclic) bond motifs is 1. The van der Waals surface area contributed by atoms with Gasteiger partial charge in [-0.25, -0.2) is 0 Å². The summed E-state index contributed by atoms with van der Waals surface area (Å²) in [6, 6.07) is 19.8. The molecule has 5 rings (SSSR count). The molecule has 196 valence electrons. The third kappa shape index (κ3) is 6.28. The molecular formula is C28H21Cl2N5O3S. The van der Waals surface area contributed by atoms with Crippen molar-refractivity contribution in [2.24, 2.45) is 0 Å². The first-order valence-corrected chi connectivity index (χ1v) is 12.8. The number of nitrogens with zero attached hydrogens (tertiary/aromatic N) is 3. The van der Waals surface area contributed by atoms with Crippen LogP contribution < -0.4 is 15.4 Å². The Bertz CT molecular complexity index is 1710. The number of hydrogen-bond donors (Lipinski definition) is 2. The summed E-state index contributed by atoms with van der Waals surface area (Å²) in [5.74, 6) is 1.39. The van der Waals surface area contributed by atoms with Crippen LogP contribution >= 0.6 is 35.4 Å². The minimum absolute atomic E-state index is 0.142. The van der Waals surface area contributed by atoms with Gasteiger partial charge in [-0.2, -0.15) is 4.80 Å². The van der Waals surface area contributed by atoms with Crippen LogP contribution in [0.15, 0.2) is 77.2 Å². The zero-order valence-corrected chi connectivity index (χ0v) is 23.1. The third-order valence-corrected chi connectivity index (χ3v) is 6.33. The van der Waals surface area contributed by atoms with Gasteiger partial charge in [0.1, 0.15) is 28.3 Å². The van der Waals surface area contributed by atoms with Gasteiger partial charge in [-0.05, 0) is 97.5 Å². The number of benzene rings is 3. The first-order valence-electron chi connectivity index (χ1n) is 11.7. The second-order valence-electron chi connectivity index (χ2n) is 8.48. The van der Waals surface area contributed by atoms with Crippen LogP contribution in [-0.2, 0) is 4.79 Å². The van der Waals surface area contributed by atoms with Gasteiger partial charge in [-0.15, -0.1) is 10.2 Å². The minimum atomic E-state index is -0.416. The van der Waals surface area contributed by atoms with Crippen molar-refractivity contribution >= 4 is 69.2 Å². The number of methoxy groups -OCH3 is 1. The summed E-state index contributed by atoms with van der Waals surface area (Å²) >= 11 is 17.5. The van der Waals surface area contributed by atoms with Gasteiger partial charge in [0.2, 0.25) is 5.91 Å². The van der Waals surface area contributed by atoms with Gasteiger partial charge in [0.15, 0.2) is 5.11 Å². The number of amides is 1. The van der Waals surface area contributed by atoms with Crippen LogP contribution in [0, 0.1) is 6.92 Å². The summed E-state index contributed by atoms with van der Waals surface area (Å²) in [5, 5.41) is 16.0. The molecule has 0 radical (unpaired) electrons. The van der Waals surface area contributed by atoms with E-state index in [0.717, 1.165) is 28.1 Å². The van der Waals surface area contributed by atoms with Crippen molar-refractivity contribution in [1.82, 2.24) is 20.3 Å². The predicted molar refractivity (Wildman–Crippen MR) is 158 cm³/mol. The van der Waals surface area contributed by atoms with Crippen LogP contribution in [0.4, 0.5) is 5.69 Å². The highest BCUT2D eigenvalue weighted by atomic mass is 35.5. The van der Waals surface area contributed by atoms with Gasteiger partial charge in [-0.3, -0.25) is 10.1 Å². The zero-order valence-electron chi connectivity index (χ0n) is 20.7. The second-order valence-corrected chi connectivity index (χ2v) is 9.76. The number of carbonyl (C=O) groups is 1. The predicted octanol–water partition coefficient (Wildman–Crippen LogP) is 6.83. The Morgan fingerprint density at radius 2 is 1.69 bits per heavy atom. The Morgan fingerprint density at radius 3 is 2.38 bits per heavy atom. The molecule has 5 aromatic rings. The molecule has 0 bridgehead atoms. The molecule has 0 aliphatic carbocycles. The highest BCUT2D eigenvalue weighted by molar-refractivity contribution is 7.80. The van der Waals surface area contributed by atoms with Crippen LogP contribution in [0.5, 0.6) is 5.75 Å². The number of nitrogens with one attached hydrogen (secondary N) is 2. The highest BCUT2D eigenvalue weighted by Gasteiger charge is 2.11. The fourth-order valence-corrected chi connectivity index (χ4v) is 4.53. The van der Waals surface area contributed by atoms with Crippen LogP contribution in [0.25, 0.3) is 34.1 Å². The molecule has 0 unspecified atom stereocenters. The quantitative estimate of drug-likeness (QED) is 0.169. The van der Waals surface area contributed by atoms with E-state index >= 15 is 0 Å². The maximum Gasteiger partial charge on any atom is 0.250 e. The van der Waals surface area contributed by atoms with Crippen molar-refractivity contribution in [1.29, 1.82) is 0 Å². The number of aromatic nitrogens is 3. The van der Waals surface area contributed by atoms with Gasteiger partial charge in [0.05, 0.1) is 12.8 Å². The molecule has 2 heterocycles. The van der Waals surface area contributed by atoms with Crippen LogP contribution in [0.1, 0.15) is 11.3 Å². The first-order chi connectivity index (χ1) is 18.8. The molecule has 0 fully saturated rings. The SMILES string of the molecule is COc1ccc(-n2nc3cc(C)c(NC(=S)NC(=O)/C=C/c4ccc(-c5cc(Cl)cc(Cl)c5)o4)cc3n2)cc1. The molecule has 8 nitrogen and oxygen atoms in total. The highest BCUT2D eigenvalue weighted by Crippen LogP contribution is 2.29. The van der Waals surface area contributed by atoms with E-state index in [0.29, 0.717) is 32.8 Å². The molecule has 2 aromatic heterocycles. The standard InChI is InChI=1S/C28H21Cl2N5O3S/c1-16-11-24-25(34-35(33-24)20-3-5-21(37-2)6-4-20)15-23(16)31-28(39)32-27(36)10-8-22-7-9-26(38-22)17-12-18(29)14-19(30)13-17/h3-15H,1-2H3,(H2,31,32,36,39)/b10-8+. The van der Waals surface area contributed by atoms with E-state index in [1.807, 2.05) is 43.3 Å². The third-order valence-electron chi connectivity index (χ3n) is 5.69. The number of aryl methyl sites for hydroxylation is 1. The summed E-state index contributed by atoms with van der Waals surface area (Å²) in [7, 11) is 1.62. The van der Waals surface area contributed by atoms with Crippen molar-refractivity contribution in [2.75, 3.05) is 12.4 Å². The average molecular weight is 578 g/mol. The smallest absolute Gasteiger partial charge is 0.250 e. The van der Waals surface area contributed by atoms with Gasteiger partial charge in [0.25, 0.3) is 0 Å². The Balaban J connectivity index is 1.23. The second kappa shape index (κ2) is 11.3. The monoisotopic (exact) mass is 577 g/mol. The van der Waals surface area contributed by atoms with Crippen molar-refractivity contribution in [3.05, 3.63) is 94.2 Å². The van der Waals surface area contributed by atoms with Crippen molar-refractivity contribution in [3.8, 4) is 22.8 Å². The molecule has 0 spiro atoms. The van der Waals surface area contributed by atoms with E-state index in [9.17, 15) is 4.79 Å². The molecule has 1 amide bonds. The van der Waals surface area contributed by atoms with Gasteiger partial charge in [-0.1, -0.05) is 23.2 Å². The number of rotatable bonds is 6. The van der Waals surface area contributed by atoms with Crippen LogP contribution in [0.3, 0.4) is 0 Å². The van der Waals surface area contributed by atoms with Crippen LogP contribution in [0.2, 0.25) is 10.0 Å². The van der Waals surface area contributed by atoms with Crippen molar-refractivity contribution in [2.45, 2.75) is 6.92 Å². The number of halogens is 2. The first kappa shape index (κ1) is 26.4. The number of ether oxygens (including phenoxy) is 1. The fraction of sp³-hybridized carbons (Fsp3) is 0.0714. The zero-order chi connectivity index (χ0) is 27.5. The molecular weight excluding hydrogens is 557 g/mol. The van der Waals surface area contributed by atoms with Crippen LogP contribution in [-0.4, -0.2) is 33.1 Å². The molecule has 0 saturated heterocycles. The summed E-state index contributed by atoms with van der Waals surface area (Å²) in [5.41, 5.74) is 4.52. The van der Waals surface area contributed by atoms with E-state index < -0.39 is 5.91 Å². The normalized spacial score (nSPS) is 11.2. The van der Waals surface area contributed by atoms with E-state index in [4.69, 9.17) is 44.6 Å². The Hall–Kier alpha value is -4.18. The largest absolute Gasteiger partial charge is 0.497 e. The number of hydrogen-bond acceptors (Lipinski definition) is 6. The summed E-state index contributed by atoms with van der Waals surface area (Å²) in [4.78, 5) is 14.0. The van der Waals surface area contributed by atoms with Gasteiger partial charge >= 0.3 is 0 Å². The van der Waals surface area contributed by atoms with E-state index in [-0.39, 0.29) is 5.11 Å². The summed E-state index contributed by atoms with van der Waals surface area (Å²) in [6.07, 6.45) is 2.88. The molecule has 0 saturated carbocycles. The fourth-order valence-electron chi connectivity index (χ4n) is 3.79. The molecule has 0 atom stereocenters. The van der Waals surface area contributed by atoms with E-state index in [2.05, 4.69) is 20.8 Å². The number of anilines is 1. The lowest BCUT2D eigenvalue weighted by molar-refractivity contribution is -0.115. The minimum Gasteiger partial charge on any atom is -0.497 e. The molecule has 0 aliphatic rings. The number of furan rings is 1. The number of carbonyl (C=O) groups excluding carboxylic acids is 1. The van der Waals surface area contributed by atoms with Gasteiger partial charge in [0, 0.05) is 27.4 Å². The Morgan fingerprint density at radius 1 is 1.00 bits per heavy atom. The van der Waals surface area contributed by atoms with Crippen molar-refractivity contribution < 1.29 is 13.9 Å². The summed E-state index contributed by atoms with van der Waals surface area (Å²) in [6.45, 7) is 1.92. The number of thiocarbonyl (C=S) groups is 1. The summed E-state index contributed by atoms with van der Waals surface area (Å²) < 4.78 is 11.0. The van der Waals surface area contributed by atoms with E-state index in [1.54, 1.807) is 48.3 Å². The lowest BCUT2D eigenvalue weighted by Crippen LogP contribution is -2.33. The van der Waals surface area contributed by atoms with Crippen molar-refractivity contribution in [3.63, 3.8) is 0 Å². The molecule has 2 N–H and O–H groups in total. The maximum absolute atomic E-state index is 12.4. The average Bonchev–Trinajstić information content (AvgIpc) is 3.54. The lowest BCUT2D eigenvalue weighted by Gasteiger charge is -2.10. The van der Waals surface area contributed by atoms with Gasteiger partial charge < -0.3 is 14.5 Å². The Labute approximate surface area is 239 Å². The Kier molecular flexibility index (Phi) is 7.65. The molecule has 3 aromatic carbocycles. The molecule has 0 aliphatic heterocycles. The molecule has 11 heteroatoms. The topological polar surface area (TPSA) is 94.2 Å². The molecule has 39 heavy (non-hydrogen) atoms.